The molecule has 0 saturated carbocycles. The van der Waals surface area contributed by atoms with E-state index < -0.39 is 6.10 Å². The predicted molar refractivity (Wildman–Crippen MR) is 120 cm³/mol. The van der Waals surface area contributed by atoms with Gasteiger partial charge in [-0.25, -0.2) is 15.5 Å². The molecule has 0 bridgehead atoms. The molecule has 1 aromatic heterocycles. The fraction of sp³-hybridized carbons (Fsp3) is 0.429. The van der Waals surface area contributed by atoms with Gasteiger partial charge in [0, 0.05) is 42.3 Å². The zero-order valence-electron chi connectivity index (χ0n) is 17.8. The molecule has 1 aromatic carbocycles. The number of aryl methyl sites for hydroxylation is 1. The number of piperazine rings is 1. The molecular formula is C21H29N5O3S. The van der Waals surface area contributed by atoms with Crippen LogP contribution in [0.1, 0.15) is 24.3 Å². The van der Waals surface area contributed by atoms with Crippen LogP contribution in [0.2, 0.25) is 0 Å². The third-order valence-corrected chi connectivity index (χ3v) is 5.96. The lowest BCUT2D eigenvalue weighted by Crippen LogP contribution is -2.52. The molecule has 9 heteroatoms. The number of hydrogen-bond acceptors (Lipinski definition) is 7. The molecule has 0 radical (unpaired) electrons. The first-order valence-electron chi connectivity index (χ1n) is 9.83. The number of nitrogens with one attached hydrogen (secondary N) is 1. The lowest BCUT2D eigenvalue weighted by Gasteiger charge is -2.37. The number of methoxy groups -OCH3 is 1. The average Bonchev–Trinajstić information content (AvgIpc) is 2.77. The second-order valence-electron chi connectivity index (χ2n) is 7.06. The minimum absolute atomic E-state index is 0.327. The molecule has 3 rings (SSSR count). The lowest BCUT2D eigenvalue weighted by atomic mass is 10.1. The molecule has 0 spiro atoms. The molecule has 3 N–H and O–H groups in total. The van der Waals surface area contributed by atoms with E-state index in [0.717, 1.165) is 13.1 Å². The molecule has 1 atom stereocenters. The number of guanidine groups is 1. The quantitative estimate of drug-likeness (QED) is 0.288. The number of para-hydroxylation sites is 1. The van der Waals surface area contributed by atoms with Gasteiger partial charge in [0.25, 0.3) is 0 Å². The van der Waals surface area contributed by atoms with Crippen LogP contribution in [0.5, 0.6) is 5.88 Å². The number of anilines is 1. The van der Waals surface area contributed by atoms with Gasteiger partial charge in [-0.1, -0.05) is 12.1 Å². The molecular weight excluding hydrogens is 402 g/mol. The summed E-state index contributed by atoms with van der Waals surface area (Å²) < 4.78 is 5.36. The van der Waals surface area contributed by atoms with Crippen molar-refractivity contribution in [2.75, 3.05) is 44.4 Å². The number of benzene rings is 1. The SMILES string of the molecule is COc1nc(C)c(C(C)O)cc1N=C(NO)N1CCN(c2ccccc2SC)CC1. The highest BCUT2D eigenvalue weighted by Gasteiger charge is 2.22. The molecule has 0 amide bonds. The minimum Gasteiger partial charge on any atom is -0.479 e. The van der Waals surface area contributed by atoms with Crippen LogP contribution >= 0.6 is 11.8 Å². The molecule has 2 aromatic rings. The first-order chi connectivity index (χ1) is 14.5. The van der Waals surface area contributed by atoms with E-state index in [1.165, 1.54) is 17.7 Å². The predicted octanol–water partition coefficient (Wildman–Crippen LogP) is 2.96. The molecule has 8 nitrogen and oxygen atoms in total. The lowest BCUT2D eigenvalue weighted by molar-refractivity contribution is 0.198. The molecule has 1 aliphatic rings. The third kappa shape index (κ3) is 4.80. The second kappa shape index (κ2) is 10.0. The molecule has 162 valence electrons. The number of ether oxygens (including phenoxy) is 1. The Hall–Kier alpha value is -2.49. The van der Waals surface area contributed by atoms with Crippen LogP contribution in [0, 0.1) is 6.92 Å². The largest absolute Gasteiger partial charge is 0.479 e. The minimum atomic E-state index is -0.678. The zero-order chi connectivity index (χ0) is 21.7. The third-order valence-electron chi connectivity index (χ3n) is 5.17. The summed E-state index contributed by atoms with van der Waals surface area (Å²) in [6.07, 6.45) is 1.41. The summed E-state index contributed by atoms with van der Waals surface area (Å²) in [5.74, 6) is 0.672. The van der Waals surface area contributed by atoms with Gasteiger partial charge >= 0.3 is 0 Å². The summed E-state index contributed by atoms with van der Waals surface area (Å²) in [6.45, 7) is 6.50. The van der Waals surface area contributed by atoms with E-state index in [9.17, 15) is 10.3 Å². The normalized spacial score (nSPS) is 15.9. The number of rotatable bonds is 5. The Kier molecular flexibility index (Phi) is 7.41. The Bertz CT molecular complexity index is 898. The van der Waals surface area contributed by atoms with Gasteiger partial charge in [0.05, 0.1) is 18.9 Å². The van der Waals surface area contributed by atoms with E-state index in [-0.39, 0.29) is 0 Å². The molecule has 30 heavy (non-hydrogen) atoms. The fourth-order valence-corrected chi connectivity index (χ4v) is 4.19. The van der Waals surface area contributed by atoms with E-state index in [4.69, 9.17) is 4.74 Å². The van der Waals surface area contributed by atoms with Crippen molar-refractivity contribution in [1.82, 2.24) is 15.4 Å². The van der Waals surface area contributed by atoms with E-state index >= 15 is 0 Å². The number of nitrogens with zero attached hydrogens (tertiary/aromatic N) is 4. The summed E-state index contributed by atoms with van der Waals surface area (Å²) in [7, 11) is 1.52. The van der Waals surface area contributed by atoms with Crippen LogP contribution in [0.3, 0.4) is 0 Å². The molecule has 1 unspecified atom stereocenters. The number of hydroxylamine groups is 1. The number of aliphatic hydroxyl groups is 1. The van der Waals surface area contributed by atoms with Crippen molar-refractivity contribution in [3.8, 4) is 5.88 Å². The Balaban J connectivity index is 1.81. The molecule has 1 fully saturated rings. The van der Waals surface area contributed by atoms with Gasteiger partial charge < -0.3 is 19.6 Å². The maximum Gasteiger partial charge on any atom is 0.240 e. The van der Waals surface area contributed by atoms with Crippen molar-refractivity contribution in [3.63, 3.8) is 0 Å². The van der Waals surface area contributed by atoms with Gasteiger partial charge in [-0.3, -0.25) is 5.21 Å². The van der Waals surface area contributed by atoms with Crippen molar-refractivity contribution in [2.24, 2.45) is 4.99 Å². The van der Waals surface area contributed by atoms with Gasteiger partial charge in [0.15, 0.2) is 0 Å². The molecule has 1 saturated heterocycles. The first-order valence-corrected chi connectivity index (χ1v) is 11.1. The van der Waals surface area contributed by atoms with Crippen LogP contribution in [0.4, 0.5) is 11.4 Å². The standard InChI is InChI=1S/C21H29N5O3S/c1-14-16(15(2)27)13-17(20(22-14)29-3)23-21(24-28)26-11-9-25(10-12-26)18-7-5-6-8-19(18)30-4/h5-8,13,15,27-28H,9-12H2,1-4H3,(H,23,24). The van der Waals surface area contributed by atoms with Crippen molar-refractivity contribution < 1.29 is 15.1 Å². The summed E-state index contributed by atoms with van der Waals surface area (Å²) in [6, 6.07) is 10.1. The summed E-state index contributed by atoms with van der Waals surface area (Å²) in [4.78, 5) is 14.5. The van der Waals surface area contributed by atoms with Crippen molar-refractivity contribution >= 4 is 29.1 Å². The number of aliphatic imine (C=N–C) groups is 1. The van der Waals surface area contributed by atoms with Crippen molar-refractivity contribution in [1.29, 1.82) is 0 Å². The number of pyridine rings is 1. The van der Waals surface area contributed by atoms with Crippen LogP contribution in [-0.2, 0) is 0 Å². The van der Waals surface area contributed by atoms with E-state index in [1.54, 1.807) is 24.8 Å². The van der Waals surface area contributed by atoms with E-state index in [0.29, 0.717) is 41.9 Å². The van der Waals surface area contributed by atoms with Gasteiger partial charge in [-0.05, 0) is 38.3 Å². The Morgan fingerprint density at radius 2 is 1.97 bits per heavy atom. The summed E-state index contributed by atoms with van der Waals surface area (Å²) in [5, 5.41) is 19.8. The smallest absolute Gasteiger partial charge is 0.240 e. The molecule has 1 aliphatic heterocycles. The van der Waals surface area contributed by atoms with E-state index in [2.05, 4.69) is 50.9 Å². The highest BCUT2D eigenvalue weighted by molar-refractivity contribution is 7.98. The number of aliphatic hydroxyl groups excluding tert-OH is 1. The van der Waals surface area contributed by atoms with Gasteiger partial charge in [0.1, 0.15) is 5.69 Å². The Labute approximate surface area is 181 Å². The van der Waals surface area contributed by atoms with Crippen LogP contribution in [0.25, 0.3) is 0 Å². The fourth-order valence-electron chi connectivity index (χ4n) is 3.57. The van der Waals surface area contributed by atoms with Crippen molar-refractivity contribution in [3.05, 3.63) is 41.6 Å². The van der Waals surface area contributed by atoms with Gasteiger partial charge in [0.2, 0.25) is 11.8 Å². The zero-order valence-corrected chi connectivity index (χ0v) is 18.6. The van der Waals surface area contributed by atoms with Crippen molar-refractivity contribution in [2.45, 2.75) is 24.8 Å². The summed E-state index contributed by atoms with van der Waals surface area (Å²) in [5.41, 5.74) is 5.25. The highest BCUT2D eigenvalue weighted by Crippen LogP contribution is 2.31. The highest BCUT2D eigenvalue weighted by atomic mass is 32.2. The van der Waals surface area contributed by atoms with Gasteiger partial charge in [-0.15, -0.1) is 11.8 Å². The topological polar surface area (TPSA) is 93.4 Å². The maximum absolute atomic E-state index is 10.0. The molecule has 0 aliphatic carbocycles. The number of aromatic nitrogens is 1. The van der Waals surface area contributed by atoms with Gasteiger partial charge in [-0.2, -0.15) is 0 Å². The number of hydrogen-bond donors (Lipinski definition) is 3. The Morgan fingerprint density at radius 1 is 1.27 bits per heavy atom. The first kappa shape index (κ1) is 22.2. The average molecular weight is 432 g/mol. The second-order valence-corrected chi connectivity index (χ2v) is 7.91. The van der Waals surface area contributed by atoms with Crippen LogP contribution < -0.4 is 15.1 Å². The van der Waals surface area contributed by atoms with Crippen LogP contribution in [0.15, 0.2) is 40.2 Å². The number of thioether (sulfide) groups is 1. The molecule has 2 heterocycles. The van der Waals surface area contributed by atoms with Crippen LogP contribution in [-0.4, -0.2) is 65.7 Å². The monoisotopic (exact) mass is 431 g/mol. The van der Waals surface area contributed by atoms with E-state index in [1.807, 2.05) is 11.8 Å². The Morgan fingerprint density at radius 3 is 2.57 bits per heavy atom. The maximum atomic E-state index is 10.0. The summed E-state index contributed by atoms with van der Waals surface area (Å²) >= 11 is 1.74.